The fourth-order valence-corrected chi connectivity index (χ4v) is 8.74. The monoisotopic (exact) mass is 705 g/mol. The van der Waals surface area contributed by atoms with E-state index in [9.17, 15) is 28.7 Å². The Labute approximate surface area is 290 Å². The molecule has 10 nitrogen and oxygen atoms in total. The van der Waals surface area contributed by atoms with E-state index < -0.39 is 70.4 Å². The lowest BCUT2D eigenvalue weighted by Gasteiger charge is -2.50. The molecule has 49 heavy (non-hydrogen) atoms. The molecule has 0 spiro atoms. The summed E-state index contributed by atoms with van der Waals surface area (Å²) in [5, 5.41) is 22.1. The summed E-state index contributed by atoms with van der Waals surface area (Å²) in [5.74, 6) is -8.23. The number of rotatable bonds is 8. The third kappa shape index (κ3) is 5.18. The summed E-state index contributed by atoms with van der Waals surface area (Å²) in [6.07, 6.45) is 1.89. The molecule has 3 fully saturated rings. The Morgan fingerprint density at radius 3 is 2.31 bits per heavy atom. The Morgan fingerprint density at radius 1 is 0.918 bits per heavy atom. The van der Waals surface area contributed by atoms with E-state index in [1.54, 1.807) is 30.3 Å². The van der Waals surface area contributed by atoms with Gasteiger partial charge in [-0.2, -0.15) is 5.01 Å². The van der Waals surface area contributed by atoms with Crippen LogP contribution >= 0.6 is 23.2 Å². The van der Waals surface area contributed by atoms with Crippen LogP contribution in [0.25, 0.3) is 0 Å². The Bertz CT molecular complexity index is 1940. The summed E-state index contributed by atoms with van der Waals surface area (Å²) < 4.78 is 13.8. The van der Waals surface area contributed by atoms with Crippen LogP contribution in [0.4, 0.5) is 10.1 Å². The first-order valence-corrected chi connectivity index (χ1v) is 16.6. The first kappa shape index (κ1) is 32.8. The smallest absolute Gasteiger partial charge is 0.303 e. The van der Waals surface area contributed by atoms with Crippen molar-refractivity contribution < 1.29 is 38.6 Å². The first-order chi connectivity index (χ1) is 23.4. The van der Waals surface area contributed by atoms with E-state index in [0.29, 0.717) is 16.2 Å². The van der Waals surface area contributed by atoms with Crippen LogP contribution in [0.3, 0.4) is 0 Å². The summed E-state index contributed by atoms with van der Waals surface area (Å²) in [5.41, 5.74) is 2.80. The van der Waals surface area contributed by atoms with Gasteiger partial charge in [-0.05, 0) is 85.3 Å². The Morgan fingerprint density at radius 2 is 1.61 bits per heavy atom. The number of halogens is 3. The number of carboxylic acids is 1. The number of phenols is 1. The summed E-state index contributed by atoms with van der Waals surface area (Å²) in [7, 11) is 0. The van der Waals surface area contributed by atoms with Gasteiger partial charge in [-0.3, -0.25) is 34.3 Å². The molecule has 0 aromatic heterocycles. The van der Waals surface area contributed by atoms with Crippen molar-refractivity contribution in [2.75, 3.05) is 12.0 Å². The zero-order valence-electron chi connectivity index (χ0n) is 25.8. The number of hydrazine groups is 1. The molecule has 0 radical (unpaired) electrons. The molecular weight excluding hydrogens is 676 g/mol. The SMILES string of the molecule is O=C(O)CCCN1C(=O)C2CC=C3C(CC4C(=O)N(Nc5ccc(F)cc5)C(=O)C4(c4ccc(Cl)cc4)C3c3cc(Cl)ccc3O)C2C1=O. The van der Waals surface area contributed by atoms with Gasteiger partial charge in [0.15, 0.2) is 0 Å². The predicted octanol–water partition coefficient (Wildman–Crippen LogP) is 5.69. The number of aliphatic carboxylic acids is 1. The Balaban J connectivity index is 1.41. The molecule has 6 unspecified atom stereocenters. The number of nitrogens with zero attached hydrogens (tertiary/aromatic N) is 2. The quantitative estimate of drug-likeness (QED) is 0.200. The molecule has 7 rings (SSSR count). The Kier molecular flexibility index (Phi) is 8.23. The van der Waals surface area contributed by atoms with Crippen molar-refractivity contribution >= 4 is 58.5 Å². The van der Waals surface area contributed by atoms with Crippen LogP contribution in [0.1, 0.15) is 42.7 Å². The molecular formula is C36H30Cl2FN3O7. The van der Waals surface area contributed by atoms with Crippen LogP contribution in [0, 0.1) is 29.5 Å². The van der Waals surface area contributed by atoms with E-state index in [-0.39, 0.29) is 54.3 Å². The minimum absolute atomic E-state index is 0.0155. The number of carbonyl (C=O) groups excluding carboxylic acids is 4. The number of amides is 4. The van der Waals surface area contributed by atoms with Crippen molar-refractivity contribution in [2.24, 2.45) is 23.7 Å². The number of nitrogens with one attached hydrogen (secondary N) is 1. The van der Waals surface area contributed by atoms with Gasteiger partial charge in [0.2, 0.25) is 11.8 Å². The van der Waals surface area contributed by atoms with E-state index in [2.05, 4.69) is 5.43 Å². The normalized spacial score (nSPS) is 27.5. The topological polar surface area (TPSA) is 144 Å². The zero-order valence-corrected chi connectivity index (χ0v) is 27.3. The zero-order chi connectivity index (χ0) is 34.8. The number of likely N-dealkylation sites (tertiary alicyclic amines) is 1. The van der Waals surface area contributed by atoms with Gasteiger partial charge in [-0.1, -0.05) is 47.0 Å². The van der Waals surface area contributed by atoms with Crippen LogP contribution in [0.2, 0.25) is 10.0 Å². The van der Waals surface area contributed by atoms with Crippen molar-refractivity contribution in [3.8, 4) is 5.75 Å². The van der Waals surface area contributed by atoms with Crippen LogP contribution in [0.15, 0.2) is 78.4 Å². The lowest BCUT2D eigenvalue weighted by atomic mass is 9.49. The number of carbonyl (C=O) groups is 5. The minimum atomic E-state index is -1.67. The third-order valence-corrected chi connectivity index (χ3v) is 10.9. The van der Waals surface area contributed by atoms with Crippen molar-refractivity contribution in [2.45, 2.75) is 37.0 Å². The number of aromatic hydroxyl groups is 1. The van der Waals surface area contributed by atoms with Gasteiger partial charge >= 0.3 is 5.97 Å². The average molecular weight is 707 g/mol. The molecule has 6 atom stereocenters. The molecule has 2 heterocycles. The summed E-state index contributed by atoms with van der Waals surface area (Å²) in [6.45, 7) is -0.0531. The van der Waals surface area contributed by atoms with Crippen molar-refractivity contribution in [1.82, 2.24) is 9.91 Å². The fraction of sp³-hybridized carbons (Fsp3) is 0.306. The minimum Gasteiger partial charge on any atom is -0.508 e. The number of anilines is 1. The number of fused-ring (bicyclic) bond motifs is 4. The molecule has 2 saturated heterocycles. The molecule has 252 valence electrons. The van der Waals surface area contributed by atoms with Gasteiger partial charge in [0, 0.05) is 34.5 Å². The second-order valence-corrected chi connectivity index (χ2v) is 13.8. The van der Waals surface area contributed by atoms with E-state index >= 15 is 4.79 Å². The second-order valence-electron chi connectivity index (χ2n) is 12.9. The number of benzene rings is 3. The first-order valence-electron chi connectivity index (χ1n) is 15.9. The second kappa shape index (κ2) is 12.3. The van der Waals surface area contributed by atoms with Crippen LogP contribution in [0.5, 0.6) is 5.75 Å². The van der Waals surface area contributed by atoms with Crippen LogP contribution < -0.4 is 5.43 Å². The molecule has 3 aromatic carbocycles. The number of hydrogen-bond acceptors (Lipinski definition) is 7. The third-order valence-electron chi connectivity index (χ3n) is 10.4. The van der Waals surface area contributed by atoms with Crippen molar-refractivity contribution in [1.29, 1.82) is 0 Å². The van der Waals surface area contributed by atoms with Crippen LogP contribution in [-0.4, -0.2) is 56.3 Å². The number of allylic oxidation sites excluding steroid dienone is 2. The molecule has 2 aliphatic carbocycles. The molecule has 3 N–H and O–H groups in total. The van der Waals surface area contributed by atoms with E-state index in [0.717, 1.165) is 9.91 Å². The maximum absolute atomic E-state index is 15.1. The van der Waals surface area contributed by atoms with Gasteiger partial charge in [0.05, 0.1) is 28.9 Å². The number of imide groups is 2. The highest BCUT2D eigenvalue weighted by Gasteiger charge is 2.70. The fourth-order valence-electron chi connectivity index (χ4n) is 8.43. The van der Waals surface area contributed by atoms with E-state index in [1.807, 2.05) is 6.08 Å². The molecule has 4 amide bonds. The highest BCUT2D eigenvalue weighted by molar-refractivity contribution is 6.31. The van der Waals surface area contributed by atoms with Crippen LogP contribution in [-0.2, 0) is 29.4 Å². The lowest BCUT2D eigenvalue weighted by Crippen LogP contribution is -2.53. The number of hydrogen-bond donors (Lipinski definition) is 3. The van der Waals surface area contributed by atoms with Crippen molar-refractivity contribution in [3.05, 3.63) is 105 Å². The average Bonchev–Trinajstić information content (AvgIpc) is 3.44. The summed E-state index contributed by atoms with van der Waals surface area (Å²) >= 11 is 12.8. The maximum Gasteiger partial charge on any atom is 0.303 e. The van der Waals surface area contributed by atoms with Gasteiger partial charge in [-0.25, -0.2) is 4.39 Å². The number of phenolic OH excluding ortho intramolecular Hbond substituents is 1. The van der Waals surface area contributed by atoms with Gasteiger partial charge in [0.25, 0.3) is 11.8 Å². The molecule has 1 saturated carbocycles. The molecule has 4 aliphatic rings. The Hall–Kier alpha value is -4.74. The van der Waals surface area contributed by atoms with E-state index in [4.69, 9.17) is 28.3 Å². The number of carboxylic acid groups (broad SMARTS) is 1. The van der Waals surface area contributed by atoms with Gasteiger partial charge < -0.3 is 10.2 Å². The lowest BCUT2D eigenvalue weighted by molar-refractivity contribution is -0.142. The molecule has 2 aliphatic heterocycles. The van der Waals surface area contributed by atoms with E-state index in [1.165, 1.54) is 36.4 Å². The molecule has 13 heteroatoms. The predicted molar refractivity (Wildman–Crippen MR) is 176 cm³/mol. The summed E-state index contributed by atoms with van der Waals surface area (Å²) in [6, 6.07) is 16.1. The highest BCUT2D eigenvalue weighted by atomic mass is 35.5. The van der Waals surface area contributed by atoms with Gasteiger partial charge in [-0.15, -0.1) is 0 Å². The standard InChI is InChI=1S/C36H30Cl2FN3O7/c37-19-5-3-18(4-6-19)36-27(33(47)42(35(36)49)40-22-10-8-21(39)9-11-22)17-25-23(31(36)26-16-20(38)7-14-28(26)43)12-13-24-30(25)34(48)41(32(24)46)15-1-2-29(44)45/h3-12,14,16,24-25,27,30-31,40,43H,1-2,13,15,17H2,(H,44,45). The highest BCUT2D eigenvalue weighted by Crippen LogP contribution is 2.65. The molecule has 3 aromatic rings. The molecule has 0 bridgehead atoms. The largest absolute Gasteiger partial charge is 0.508 e. The summed E-state index contributed by atoms with van der Waals surface area (Å²) in [4.78, 5) is 69.6. The maximum atomic E-state index is 15.1. The van der Waals surface area contributed by atoms with Crippen molar-refractivity contribution in [3.63, 3.8) is 0 Å². The van der Waals surface area contributed by atoms with Gasteiger partial charge in [0.1, 0.15) is 11.6 Å².